The molecule has 1 aliphatic heterocycles. The molecule has 2 nitrogen and oxygen atoms in total. The predicted octanol–water partition coefficient (Wildman–Crippen LogP) is 2.43. The molecule has 0 aromatic heterocycles. The van der Waals surface area contributed by atoms with Crippen molar-refractivity contribution in [1.29, 1.82) is 0 Å². The maximum absolute atomic E-state index is 6.14. The summed E-state index contributed by atoms with van der Waals surface area (Å²) in [6, 6.07) is 8.86. The molecular formula is C14H21NO. The summed E-state index contributed by atoms with van der Waals surface area (Å²) >= 11 is 0. The topological polar surface area (TPSA) is 35.2 Å². The van der Waals surface area contributed by atoms with Crippen LogP contribution in [0.4, 0.5) is 0 Å². The fourth-order valence-electron chi connectivity index (χ4n) is 2.28. The van der Waals surface area contributed by atoms with Crippen molar-refractivity contribution in [3.63, 3.8) is 0 Å². The van der Waals surface area contributed by atoms with Gasteiger partial charge >= 0.3 is 0 Å². The monoisotopic (exact) mass is 219 g/mol. The molecule has 0 radical (unpaired) electrons. The maximum atomic E-state index is 6.14. The Morgan fingerprint density at radius 3 is 2.75 bits per heavy atom. The van der Waals surface area contributed by atoms with Crippen molar-refractivity contribution >= 4 is 0 Å². The molecule has 2 rings (SSSR count). The Hall–Kier alpha value is -0.860. The molecule has 0 spiro atoms. The van der Waals surface area contributed by atoms with Gasteiger partial charge in [0.05, 0.1) is 6.10 Å². The number of hydrogen-bond acceptors (Lipinski definition) is 2. The first-order valence-corrected chi connectivity index (χ1v) is 6.17. The Morgan fingerprint density at radius 2 is 2.12 bits per heavy atom. The SMILES string of the molecule is Cc1ccc(CC(N)CC2CCCO2)cc1. The van der Waals surface area contributed by atoms with E-state index in [1.165, 1.54) is 24.0 Å². The van der Waals surface area contributed by atoms with E-state index in [1.54, 1.807) is 0 Å². The highest BCUT2D eigenvalue weighted by atomic mass is 16.5. The van der Waals surface area contributed by atoms with Crippen LogP contribution < -0.4 is 5.73 Å². The van der Waals surface area contributed by atoms with Crippen molar-refractivity contribution in [2.45, 2.75) is 44.8 Å². The van der Waals surface area contributed by atoms with Crippen LogP contribution in [0.1, 0.15) is 30.4 Å². The average molecular weight is 219 g/mol. The summed E-state index contributed by atoms with van der Waals surface area (Å²) in [5.41, 5.74) is 8.78. The van der Waals surface area contributed by atoms with Gasteiger partial charge in [-0.1, -0.05) is 29.8 Å². The molecule has 0 aliphatic carbocycles. The molecule has 2 atom stereocenters. The van der Waals surface area contributed by atoms with Crippen molar-refractivity contribution < 1.29 is 4.74 Å². The molecule has 1 saturated heterocycles. The van der Waals surface area contributed by atoms with Gasteiger partial charge in [0.15, 0.2) is 0 Å². The number of nitrogens with two attached hydrogens (primary N) is 1. The van der Waals surface area contributed by atoms with Crippen LogP contribution in [0, 0.1) is 6.92 Å². The minimum atomic E-state index is 0.228. The fourth-order valence-corrected chi connectivity index (χ4v) is 2.28. The van der Waals surface area contributed by atoms with E-state index in [-0.39, 0.29) is 6.04 Å². The molecule has 0 bridgehead atoms. The van der Waals surface area contributed by atoms with Crippen LogP contribution in [0.2, 0.25) is 0 Å². The van der Waals surface area contributed by atoms with Gasteiger partial charge in [0.25, 0.3) is 0 Å². The molecule has 16 heavy (non-hydrogen) atoms. The van der Waals surface area contributed by atoms with Gasteiger partial charge in [0.2, 0.25) is 0 Å². The Morgan fingerprint density at radius 1 is 1.38 bits per heavy atom. The quantitative estimate of drug-likeness (QED) is 0.844. The summed E-state index contributed by atoms with van der Waals surface area (Å²) < 4.78 is 5.60. The number of benzene rings is 1. The van der Waals surface area contributed by atoms with Crippen molar-refractivity contribution in [2.75, 3.05) is 6.61 Å². The molecule has 2 unspecified atom stereocenters. The largest absolute Gasteiger partial charge is 0.378 e. The molecule has 88 valence electrons. The zero-order chi connectivity index (χ0) is 11.4. The van der Waals surface area contributed by atoms with Crippen molar-refractivity contribution in [2.24, 2.45) is 5.73 Å². The highest BCUT2D eigenvalue weighted by molar-refractivity contribution is 5.22. The zero-order valence-corrected chi connectivity index (χ0v) is 9.99. The van der Waals surface area contributed by atoms with Gasteiger partial charge in [0.1, 0.15) is 0 Å². The van der Waals surface area contributed by atoms with E-state index < -0.39 is 0 Å². The van der Waals surface area contributed by atoms with Crippen LogP contribution in [-0.4, -0.2) is 18.8 Å². The normalized spacial score (nSPS) is 22.2. The number of rotatable bonds is 4. The number of ether oxygens (including phenoxy) is 1. The molecule has 1 aliphatic rings. The van der Waals surface area contributed by atoms with E-state index in [0.717, 1.165) is 19.4 Å². The minimum Gasteiger partial charge on any atom is -0.378 e. The van der Waals surface area contributed by atoms with E-state index in [9.17, 15) is 0 Å². The molecular weight excluding hydrogens is 198 g/mol. The van der Waals surface area contributed by atoms with Crippen LogP contribution >= 0.6 is 0 Å². The Kier molecular flexibility index (Phi) is 3.97. The smallest absolute Gasteiger partial charge is 0.0590 e. The third-order valence-corrected chi connectivity index (χ3v) is 3.21. The summed E-state index contributed by atoms with van der Waals surface area (Å²) in [6.45, 7) is 3.03. The molecule has 0 amide bonds. The standard InChI is InChI=1S/C14H21NO/c1-11-4-6-12(7-5-11)9-13(15)10-14-3-2-8-16-14/h4-7,13-14H,2-3,8-10,15H2,1H3. The Bertz CT molecular complexity index is 314. The van der Waals surface area contributed by atoms with E-state index in [4.69, 9.17) is 10.5 Å². The number of aryl methyl sites for hydroxylation is 1. The molecule has 1 aromatic carbocycles. The lowest BCUT2D eigenvalue weighted by molar-refractivity contribution is 0.0983. The maximum Gasteiger partial charge on any atom is 0.0590 e. The van der Waals surface area contributed by atoms with Crippen LogP contribution in [0.15, 0.2) is 24.3 Å². The summed E-state index contributed by atoms with van der Waals surface area (Å²) in [6.07, 6.45) is 4.73. The Labute approximate surface area is 97.8 Å². The van der Waals surface area contributed by atoms with E-state index in [1.807, 2.05) is 0 Å². The van der Waals surface area contributed by atoms with Crippen molar-refractivity contribution in [1.82, 2.24) is 0 Å². The van der Waals surface area contributed by atoms with Gasteiger partial charge in [-0.15, -0.1) is 0 Å². The van der Waals surface area contributed by atoms with Gasteiger partial charge in [0, 0.05) is 12.6 Å². The first-order valence-electron chi connectivity index (χ1n) is 6.17. The highest BCUT2D eigenvalue weighted by Crippen LogP contribution is 2.18. The second-order valence-electron chi connectivity index (χ2n) is 4.82. The first kappa shape index (κ1) is 11.6. The number of hydrogen-bond donors (Lipinski definition) is 1. The molecule has 2 N–H and O–H groups in total. The Balaban J connectivity index is 1.81. The summed E-state index contributed by atoms with van der Waals surface area (Å²) in [5, 5.41) is 0. The molecule has 1 aromatic rings. The minimum absolute atomic E-state index is 0.228. The van der Waals surface area contributed by atoms with E-state index in [0.29, 0.717) is 6.10 Å². The van der Waals surface area contributed by atoms with Crippen molar-refractivity contribution in [3.8, 4) is 0 Å². The molecule has 1 heterocycles. The van der Waals surface area contributed by atoms with Crippen LogP contribution in [0.25, 0.3) is 0 Å². The third kappa shape index (κ3) is 3.32. The van der Waals surface area contributed by atoms with Crippen LogP contribution in [0.3, 0.4) is 0 Å². The van der Waals surface area contributed by atoms with Gasteiger partial charge in [-0.3, -0.25) is 0 Å². The summed E-state index contributed by atoms with van der Waals surface area (Å²) in [7, 11) is 0. The van der Waals surface area contributed by atoms with Gasteiger partial charge in [-0.25, -0.2) is 0 Å². The van der Waals surface area contributed by atoms with Crippen molar-refractivity contribution in [3.05, 3.63) is 35.4 Å². The fraction of sp³-hybridized carbons (Fsp3) is 0.571. The van der Waals surface area contributed by atoms with Crippen LogP contribution in [-0.2, 0) is 11.2 Å². The summed E-state index contributed by atoms with van der Waals surface area (Å²) in [4.78, 5) is 0. The average Bonchev–Trinajstić information content (AvgIpc) is 2.74. The third-order valence-electron chi connectivity index (χ3n) is 3.21. The lowest BCUT2D eigenvalue weighted by Gasteiger charge is -2.16. The van der Waals surface area contributed by atoms with Gasteiger partial charge in [-0.2, -0.15) is 0 Å². The zero-order valence-electron chi connectivity index (χ0n) is 9.99. The second-order valence-corrected chi connectivity index (χ2v) is 4.82. The molecule has 1 fully saturated rings. The van der Waals surface area contributed by atoms with Gasteiger partial charge in [-0.05, 0) is 38.2 Å². The highest BCUT2D eigenvalue weighted by Gasteiger charge is 2.18. The molecule has 2 heteroatoms. The molecule has 0 saturated carbocycles. The first-order chi connectivity index (χ1) is 7.74. The summed E-state index contributed by atoms with van der Waals surface area (Å²) in [5.74, 6) is 0. The lowest BCUT2D eigenvalue weighted by Crippen LogP contribution is -2.28. The van der Waals surface area contributed by atoms with Crippen LogP contribution in [0.5, 0.6) is 0 Å². The van der Waals surface area contributed by atoms with Gasteiger partial charge < -0.3 is 10.5 Å². The second kappa shape index (κ2) is 5.46. The predicted molar refractivity (Wildman–Crippen MR) is 66.4 cm³/mol. The van der Waals surface area contributed by atoms with E-state index in [2.05, 4.69) is 31.2 Å². The van der Waals surface area contributed by atoms with E-state index >= 15 is 0 Å². The lowest BCUT2D eigenvalue weighted by atomic mass is 9.99.